The molecule has 2 rings (SSSR count). The fourth-order valence-corrected chi connectivity index (χ4v) is 2.44. The summed E-state index contributed by atoms with van der Waals surface area (Å²) in [6, 6.07) is 4.19. The van der Waals surface area contributed by atoms with Crippen LogP contribution in [-0.2, 0) is 6.42 Å². The van der Waals surface area contributed by atoms with Gasteiger partial charge in [0, 0.05) is 12.7 Å². The van der Waals surface area contributed by atoms with Crippen molar-refractivity contribution in [1.29, 1.82) is 0 Å². The van der Waals surface area contributed by atoms with E-state index >= 15 is 0 Å². The van der Waals surface area contributed by atoms with Crippen LogP contribution >= 0.6 is 15.9 Å². The molecule has 1 aromatic rings. The fourth-order valence-electron chi connectivity index (χ4n) is 2.20. The zero-order valence-corrected chi connectivity index (χ0v) is 11.2. The van der Waals surface area contributed by atoms with Gasteiger partial charge in [-0.1, -0.05) is 18.9 Å². The minimum absolute atomic E-state index is 0.922. The Bertz CT molecular complexity index is 302. The number of nitrogens with zero attached hydrogens (tertiary/aromatic N) is 2. The predicted molar refractivity (Wildman–Crippen MR) is 70.5 cm³/mol. The largest absolute Gasteiger partial charge is 0.303 e. The van der Waals surface area contributed by atoms with E-state index in [2.05, 4.69) is 31.9 Å². The van der Waals surface area contributed by atoms with Crippen LogP contribution in [0.5, 0.6) is 0 Å². The molecule has 0 aliphatic carbocycles. The Kier molecular flexibility index (Phi) is 4.79. The van der Waals surface area contributed by atoms with Crippen molar-refractivity contribution >= 4 is 15.9 Å². The Hall–Kier alpha value is -0.410. The maximum absolute atomic E-state index is 4.26. The number of aromatic nitrogens is 1. The van der Waals surface area contributed by atoms with Crippen LogP contribution in [0.25, 0.3) is 0 Å². The lowest BCUT2D eigenvalue weighted by Crippen LogP contribution is -2.26. The average Bonchev–Trinajstić information content (AvgIpc) is 2.57. The lowest BCUT2D eigenvalue weighted by atomic mass is 10.2. The molecule has 0 aromatic carbocycles. The standard InChI is InChI=1S/C13H19BrN2/c14-13-6-5-12(11-15-13)7-10-16-8-3-1-2-4-9-16/h5-6,11H,1-4,7-10H2. The van der Waals surface area contributed by atoms with Crippen LogP contribution in [0.2, 0.25) is 0 Å². The molecule has 1 aliphatic heterocycles. The van der Waals surface area contributed by atoms with Crippen molar-refractivity contribution < 1.29 is 0 Å². The smallest absolute Gasteiger partial charge is 0.106 e. The Labute approximate surface area is 106 Å². The molecule has 3 heteroatoms. The second-order valence-electron chi connectivity index (χ2n) is 4.50. The topological polar surface area (TPSA) is 16.1 Å². The van der Waals surface area contributed by atoms with Gasteiger partial charge in [0.05, 0.1) is 0 Å². The Morgan fingerprint density at radius 2 is 1.88 bits per heavy atom. The van der Waals surface area contributed by atoms with Gasteiger partial charge in [0.25, 0.3) is 0 Å². The molecular formula is C13H19BrN2. The molecule has 1 aliphatic rings. The monoisotopic (exact) mass is 282 g/mol. The van der Waals surface area contributed by atoms with E-state index in [4.69, 9.17) is 0 Å². The van der Waals surface area contributed by atoms with Gasteiger partial charge in [-0.25, -0.2) is 4.98 Å². The number of pyridine rings is 1. The van der Waals surface area contributed by atoms with E-state index in [9.17, 15) is 0 Å². The normalized spacial score (nSPS) is 18.3. The van der Waals surface area contributed by atoms with Gasteiger partial charge in [0.15, 0.2) is 0 Å². The molecule has 2 nitrogen and oxygen atoms in total. The van der Waals surface area contributed by atoms with E-state index in [0.717, 1.165) is 11.0 Å². The second-order valence-corrected chi connectivity index (χ2v) is 5.31. The van der Waals surface area contributed by atoms with Crippen LogP contribution in [0.3, 0.4) is 0 Å². The number of likely N-dealkylation sites (tertiary alicyclic amines) is 1. The first-order chi connectivity index (χ1) is 7.84. The summed E-state index contributed by atoms with van der Waals surface area (Å²) in [7, 11) is 0. The van der Waals surface area contributed by atoms with Gasteiger partial charge in [-0.05, 0) is 59.9 Å². The quantitative estimate of drug-likeness (QED) is 0.791. The van der Waals surface area contributed by atoms with E-state index in [-0.39, 0.29) is 0 Å². The van der Waals surface area contributed by atoms with Gasteiger partial charge < -0.3 is 4.90 Å². The third-order valence-corrected chi connectivity index (χ3v) is 3.67. The molecule has 0 bridgehead atoms. The molecule has 0 unspecified atom stereocenters. The summed E-state index contributed by atoms with van der Waals surface area (Å²) in [5.74, 6) is 0. The summed E-state index contributed by atoms with van der Waals surface area (Å²) in [5, 5.41) is 0. The molecular weight excluding hydrogens is 264 g/mol. The van der Waals surface area contributed by atoms with Crippen LogP contribution in [-0.4, -0.2) is 29.5 Å². The predicted octanol–water partition coefficient (Wildman–Crippen LogP) is 3.26. The van der Waals surface area contributed by atoms with Gasteiger partial charge in [-0.3, -0.25) is 0 Å². The highest BCUT2D eigenvalue weighted by molar-refractivity contribution is 9.10. The summed E-state index contributed by atoms with van der Waals surface area (Å²) in [4.78, 5) is 6.85. The molecule has 1 fully saturated rings. The molecule has 1 saturated heterocycles. The number of hydrogen-bond acceptors (Lipinski definition) is 2. The van der Waals surface area contributed by atoms with Crippen LogP contribution < -0.4 is 0 Å². The first kappa shape index (κ1) is 12.1. The van der Waals surface area contributed by atoms with Crippen molar-refractivity contribution in [3.05, 3.63) is 28.5 Å². The zero-order valence-electron chi connectivity index (χ0n) is 9.66. The summed E-state index contributed by atoms with van der Waals surface area (Å²) in [6.45, 7) is 3.75. The molecule has 0 spiro atoms. The van der Waals surface area contributed by atoms with Crippen molar-refractivity contribution in [2.45, 2.75) is 32.1 Å². The van der Waals surface area contributed by atoms with Gasteiger partial charge in [0.2, 0.25) is 0 Å². The van der Waals surface area contributed by atoms with Crippen molar-refractivity contribution in [3.63, 3.8) is 0 Å². The third-order valence-electron chi connectivity index (χ3n) is 3.20. The molecule has 16 heavy (non-hydrogen) atoms. The molecule has 0 N–H and O–H groups in total. The molecule has 0 radical (unpaired) electrons. The van der Waals surface area contributed by atoms with Crippen molar-refractivity contribution in [1.82, 2.24) is 9.88 Å². The molecule has 0 atom stereocenters. The first-order valence-electron chi connectivity index (χ1n) is 6.17. The van der Waals surface area contributed by atoms with Gasteiger partial charge >= 0.3 is 0 Å². The highest BCUT2D eigenvalue weighted by Gasteiger charge is 2.08. The number of halogens is 1. The number of hydrogen-bond donors (Lipinski definition) is 0. The van der Waals surface area contributed by atoms with Crippen LogP contribution in [0, 0.1) is 0 Å². The molecule has 1 aromatic heterocycles. The van der Waals surface area contributed by atoms with Gasteiger partial charge in [-0.2, -0.15) is 0 Å². The molecule has 2 heterocycles. The van der Waals surface area contributed by atoms with E-state index in [1.807, 2.05) is 12.3 Å². The highest BCUT2D eigenvalue weighted by Crippen LogP contribution is 2.11. The maximum Gasteiger partial charge on any atom is 0.106 e. The summed E-state index contributed by atoms with van der Waals surface area (Å²) in [6.07, 6.45) is 8.67. The lowest BCUT2D eigenvalue weighted by Gasteiger charge is -2.19. The van der Waals surface area contributed by atoms with Crippen molar-refractivity contribution in [2.24, 2.45) is 0 Å². The van der Waals surface area contributed by atoms with Gasteiger partial charge in [0.1, 0.15) is 4.60 Å². The van der Waals surface area contributed by atoms with E-state index < -0.39 is 0 Å². The van der Waals surface area contributed by atoms with Crippen LogP contribution in [0.15, 0.2) is 22.9 Å². The molecule has 0 amide bonds. The first-order valence-corrected chi connectivity index (χ1v) is 6.97. The lowest BCUT2D eigenvalue weighted by molar-refractivity contribution is 0.289. The van der Waals surface area contributed by atoms with Crippen LogP contribution in [0.1, 0.15) is 31.2 Å². The zero-order chi connectivity index (χ0) is 11.2. The molecule has 0 saturated carbocycles. The third kappa shape index (κ3) is 3.87. The minimum Gasteiger partial charge on any atom is -0.303 e. The van der Waals surface area contributed by atoms with Crippen molar-refractivity contribution in [2.75, 3.05) is 19.6 Å². The highest BCUT2D eigenvalue weighted by atomic mass is 79.9. The maximum atomic E-state index is 4.26. The van der Waals surface area contributed by atoms with Gasteiger partial charge in [-0.15, -0.1) is 0 Å². The molecule has 88 valence electrons. The van der Waals surface area contributed by atoms with E-state index in [1.54, 1.807) is 0 Å². The van der Waals surface area contributed by atoms with E-state index in [0.29, 0.717) is 0 Å². The van der Waals surface area contributed by atoms with E-state index in [1.165, 1.54) is 50.9 Å². The summed E-state index contributed by atoms with van der Waals surface area (Å²) >= 11 is 3.36. The Morgan fingerprint density at radius 1 is 1.12 bits per heavy atom. The van der Waals surface area contributed by atoms with Crippen LogP contribution in [0.4, 0.5) is 0 Å². The fraction of sp³-hybridized carbons (Fsp3) is 0.615. The summed E-state index contributed by atoms with van der Waals surface area (Å²) in [5.41, 5.74) is 1.34. The summed E-state index contributed by atoms with van der Waals surface area (Å²) < 4.78 is 0.922. The van der Waals surface area contributed by atoms with Crippen molar-refractivity contribution in [3.8, 4) is 0 Å². The second kappa shape index (κ2) is 6.36. The Morgan fingerprint density at radius 3 is 2.50 bits per heavy atom. The SMILES string of the molecule is Brc1ccc(CCN2CCCCCC2)cn1. The minimum atomic E-state index is 0.922. The number of rotatable bonds is 3. The Balaban J connectivity index is 1.79. The average molecular weight is 283 g/mol.